The van der Waals surface area contributed by atoms with Gasteiger partial charge in [0.2, 0.25) is 10.0 Å². The van der Waals surface area contributed by atoms with Gasteiger partial charge in [-0.15, -0.1) is 0 Å². The topological polar surface area (TPSA) is 102 Å². The predicted molar refractivity (Wildman–Crippen MR) is 76.0 cm³/mol. The summed E-state index contributed by atoms with van der Waals surface area (Å²) in [5.41, 5.74) is 1.69. The Labute approximate surface area is 123 Å². The molecular weight excluding hydrogens is 294 g/mol. The van der Waals surface area contributed by atoms with E-state index in [0.717, 1.165) is 5.69 Å². The number of aromatic nitrogens is 4. The number of aliphatic hydroxyl groups excluding tert-OH is 1. The van der Waals surface area contributed by atoms with Crippen LogP contribution in [0.5, 0.6) is 0 Å². The minimum Gasteiger partial charge on any atom is -0.394 e. The fraction of sp³-hybridized carbons (Fsp3) is 0.500. The Morgan fingerprint density at radius 2 is 2.10 bits per heavy atom. The van der Waals surface area contributed by atoms with Crippen LogP contribution in [0.1, 0.15) is 17.1 Å². The lowest BCUT2D eigenvalue weighted by Crippen LogP contribution is -2.25. The summed E-state index contributed by atoms with van der Waals surface area (Å²) in [5, 5.41) is 17.1. The van der Waals surface area contributed by atoms with Gasteiger partial charge < -0.3 is 5.11 Å². The van der Waals surface area contributed by atoms with E-state index in [1.807, 2.05) is 0 Å². The highest BCUT2D eigenvalue weighted by atomic mass is 32.2. The normalized spacial score (nSPS) is 12.0. The van der Waals surface area contributed by atoms with Crippen LogP contribution in [0.2, 0.25) is 0 Å². The standard InChI is InChI=1S/C12H19N5O3S/c1-9-12(10(2)17(15-9)6-7-18)21(19,20)14-8-11-4-5-13-16(11)3/h4-5,14,18H,6-8H2,1-3H3. The van der Waals surface area contributed by atoms with Crippen LogP contribution in [0.15, 0.2) is 17.2 Å². The molecule has 0 spiro atoms. The number of rotatable bonds is 6. The van der Waals surface area contributed by atoms with Gasteiger partial charge in [0, 0.05) is 13.2 Å². The lowest BCUT2D eigenvalue weighted by molar-refractivity contribution is 0.267. The summed E-state index contributed by atoms with van der Waals surface area (Å²) < 4.78 is 30.5. The maximum absolute atomic E-state index is 12.4. The molecule has 0 atom stereocenters. The monoisotopic (exact) mass is 313 g/mol. The Kier molecular flexibility index (Phi) is 4.45. The SMILES string of the molecule is Cc1nn(CCO)c(C)c1S(=O)(=O)NCc1ccnn1C. The fourth-order valence-corrected chi connectivity index (χ4v) is 3.60. The van der Waals surface area contributed by atoms with Crippen molar-refractivity contribution in [3.8, 4) is 0 Å². The van der Waals surface area contributed by atoms with Crippen LogP contribution < -0.4 is 4.72 Å². The molecule has 0 bridgehead atoms. The zero-order chi connectivity index (χ0) is 15.6. The van der Waals surface area contributed by atoms with Crippen molar-refractivity contribution in [1.29, 1.82) is 0 Å². The largest absolute Gasteiger partial charge is 0.394 e. The molecule has 2 heterocycles. The van der Waals surface area contributed by atoms with Gasteiger partial charge in [0.25, 0.3) is 0 Å². The van der Waals surface area contributed by atoms with Crippen LogP contribution in [0.3, 0.4) is 0 Å². The zero-order valence-electron chi connectivity index (χ0n) is 12.2. The van der Waals surface area contributed by atoms with Gasteiger partial charge >= 0.3 is 0 Å². The molecule has 0 aliphatic carbocycles. The second-order valence-electron chi connectivity index (χ2n) is 4.72. The lowest BCUT2D eigenvalue weighted by Gasteiger charge is -2.08. The van der Waals surface area contributed by atoms with E-state index in [2.05, 4.69) is 14.9 Å². The van der Waals surface area contributed by atoms with E-state index in [1.165, 1.54) is 4.68 Å². The molecule has 0 aromatic carbocycles. The van der Waals surface area contributed by atoms with E-state index in [1.54, 1.807) is 37.8 Å². The van der Waals surface area contributed by atoms with Gasteiger partial charge in [-0.3, -0.25) is 9.36 Å². The van der Waals surface area contributed by atoms with Crippen LogP contribution in [0.25, 0.3) is 0 Å². The number of hydrogen-bond donors (Lipinski definition) is 2. The van der Waals surface area contributed by atoms with E-state index in [0.29, 0.717) is 11.4 Å². The van der Waals surface area contributed by atoms with Gasteiger partial charge in [0.1, 0.15) is 4.90 Å². The molecule has 2 rings (SSSR count). The van der Waals surface area contributed by atoms with Crippen molar-refractivity contribution in [2.24, 2.45) is 7.05 Å². The number of hydrogen-bond acceptors (Lipinski definition) is 5. The summed E-state index contributed by atoms with van der Waals surface area (Å²) in [6.45, 7) is 3.64. The van der Waals surface area contributed by atoms with Gasteiger partial charge in [-0.2, -0.15) is 10.2 Å². The Morgan fingerprint density at radius 3 is 2.67 bits per heavy atom. The van der Waals surface area contributed by atoms with Crippen LogP contribution in [0, 0.1) is 13.8 Å². The summed E-state index contributed by atoms with van der Waals surface area (Å²) >= 11 is 0. The molecule has 0 amide bonds. The molecule has 0 saturated carbocycles. The lowest BCUT2D eigenvalue weighted by atomic mass is 10.4. The number of nitrogens with one attached hydrogen (secondary N) is 1. The Bertz CT molecular complexity index is 732. The van der Waals surface area contributed by atoms with Crippen molar-refractivity contribution in [1.82, 2.24) is 24.3 Å². The van der Waals surface area contributed by atoms with Gasteiger partial charge in [-0.25, -0.2) is 13.1 Å². The molecule has 0 unspecified atom stereocenters. The predicted octanol–water partition coefficient (Wildman–Crippen LogP) is -0.296. The molecule has 2 N–H and O–H groups in total. The Balaban J connectivity index is 2.25. The highest BCUT2D eigenvalue weighted by molar-refractivity contribution is 7.89. The summed E-state index contributed by atoms with van der Waals surface area (Å²) in [4.78, 5) is 0.165. The van der Waals surface area contributed by atoms with Crippen molar-refractivity contribution in [2.45, 2.75) is 31.8 Å². The maximum atomic E-state index is 12.4. The first-order chi connectivity index (χ1) is 9.86. The number of sulfonamides is 1. The van der Waals surface area contributed by atoms with Gasteiger partial charge in [-0.1, -0.05) is 0 Å². The number of aliphatic hydroxyl groups is 1. The van der Waals surface area contributed by atoms with Crippen molar-refractivity contribution in [3.05, 3.63) is 29.3 Å². The third-order valence-corrected chi connectivity index (χ3v) is 4.91. The van der Waals surface area contributed by atoms with Gasteiger partial charge in [0.15, 0.2) is 0 Å². The first kappa shape index (κ1) is 15.7. The molecule has 0 fully saturated rings. The molecule has 0 saturated heterocycles. The Hall–Kier alpha value is -1.71. The fourth-order valence-electron chi connectivity index (χ4n) is 2.20. The highest BCUT2D eigenvalue weighted by Crippen LogP contribution is 2.19. The molecule has 8 nitrogen and oxygen atoms in total. The van der Waals surface area contributed by atoms with E-state index in [9.17, 15) is 8.42 Å². The quantitative estimate of drug-likeness (QED) is 0.762. The van der Waals surface area contributed by atoms with E-state index < -0.39 is 10.0 Å². The third kappa shape index (κ3) is 3.14. The average molecular weight is 313 g/mol. The first-order valence-electron chi connectivity index (χ1n) is 6.48. The molecule has 0 aliphatic rings. The molecular formula is C12H19N5O3S. The molecule has 21 heavy (non-hydrogen) atoms. The van der Waals surface area contributed by atoms with Crippen LogP contribution in [-0.4, -0.2) is 39.7 Å². The summed E-state index contributed by atoms with van der Waals surface area (Å²) in [7, 11) is -1.92. The van der Waals surface area contributed by atoms with Crippen LogP contribution >= 0.6 is 0 Å². The Morgan fingerprint density at radius 1 is 1.38 bits per heavy atom. The molecule has 0 radical (unpaired) electrons. The van der Waals surface area contributed by atoms with Gasteiger partial charge in [-0.05, 0) is 19.9 Å². The minimum atomic E-state index is -3.67. The second kappa shape index (κ2) is 5.96. The van der Waals surface area contributed by atoms with Crippen molar-refractivity contribution in [2.75, 3.05) is 6.61 Å². The van der Waals surface area contributed by atoms with Crippen molar-refractivity contribution in [3.63, 3.8) is 0 Å². The van der Waals surface area contributed by atoms with Crippen LogP contribution in [-0.2, 0) is 30.2 Å². The summed E-state index contributed by atoms with van der Waals surface area (Å²) in [6, 6.07) is 1.75. The molecule has 2 aromatic rings. The number of aryl methyl sites for hydroxylation is 2. The third-order valence-electron chi connectivity index (χ3n) is 3.26. The first-order valence-corrected chi connectivity index (χ1v) is 7.96. The average Bonchev–Trinajstić information content (AvgIpc) is 2.92. The van der Waals surface area contributed by atoms with E-state index in [-0.39, 0.29) is 24.6 Å². The molecule has 116 valence electrons. The number of nitrogens with zero attached hydrogens (tertiary/aromatic N) is 4. The second-order valence-corrected chi connectivity index (χ2v) is 6.42. The highest BCUT2D eigenvalue weighted by Gasteiger charge is 2.24. The minimum absolute atomic E-state index is 0.0934. The summed E-state index contributed by atoms with van der Waals surface area (Å²) in [6.07, 6.45) is 1.61. The molecule has 0 aliphatic heterocycles. The van der Waals surface area contributed by atoms with Crippen molar-refractivity contribution < 1.29 is 13.5 Å². The van der Waals surface area contributed by atoms with E-state index in [4.69, 9.17) is 5.11 Å². The van der Waals surface area contributed by atoms with Gasteiger partial charge in [0.05, 0.1) is 36.8 Å². The van der Waals surface area contributed by atoms with E-state index >= 15 is 0 Å². The van der Waals surface area contributed by atoms with Crippen LogP contribution in [0.4, 0.5) is 0 Å². The molecule has 9 heteroatoms. The molecule has 2 aromatic heterocycles. The van der Waals surface area contributed by atoms with Crippen molar-refractivity contribution >= 4 is 10.0 Å². The zero-order valence-corrected chi connectivity index (χ0v) is 13.1. The smallest absolute Gasteiger partial charge is 0.244 e. The maximum Gasteiger partial charge on any atom is 0.244 e. The summed E-state index contributed by atoms with van der Waals surface area (Å²) in [5.74, 6) is 0.